The minimum atomic E-state index is 0.0540. The van der Waals surface area contributed by atoms with Crippen molar-refractivity contribution in [2.45, 2.75) is 25.7 Å². The third-order valence-corrected chi connectivity index (χ3v) is 5.73. The molecular weight excluding hydrogens is 356 g/mol. The summed E-state index contributed by atoms with van der Waals surface area (Å²) in [6.45, 7) is 4.47. The van der Waals surface area contributed by atoms with Crippen LogP contribution in [0.2, 0.25) is 0 Å². The lowest BCUT2D eigenvalue weighted by molar-refractivity contribution is -0.138. The van der Waals surface area contributed by atoms with Crippen molar-refractivity contribution in [3.05, 3.63) is 18.5 Å². The molecule has 2 heterocycles. The van der Waals surface area contributed by atoms with Gasteiger partial charge in [0.2, 0.25) is 17.8 Å². The number of carbonyl (C=O) groups excluding carboxylic acids is 2. The minimum Gasteiger partial charge on any atom is -0.355 e. The molecule has 8 heteroatoms. The van der Waals surface area contributed by atoms with Crippen molar-refractivity contribution in [1.82, 2.24) is 25.1 Å². The molecule has 0 bridgehead atoms. The zero-order valence-corrected chi connectivity index (χ0v) is 17.0. The van der Waals surface area contributed by atoms with E-state index in [9.17, 15) is 9.59 Å². The topological polar surface area (TPSA) is 81.7 Å². The second-order valence-electron chi connectivity index (χ2n) is 8.00. The lowest BCUT2D eigenvalue weighted by atomic mass is 9.81. The number of piperazine rings is 1. The van der Waals surface area contributed by atoms with Crippen molar-refractivity contribution < 1.29 is 9.59 Å². The molecule has 0 aromatic carbocycles. The Kier molecular flexibility index (Phi) is 7.19. The number of hydrogen-bond donors (Lipinski definition) is 1. The number of nitrogens with one attached hydrogen (secondary N) is 1. The number of hydrogen-bond acceptors (Lipinski definition) is 6. The van der Waals surface area contributed by atoms with Crippen LogP contribution >= 0.6 is 0 Å². The van der Waals surface area contributed by atoms with Gasteiger partial charge in [0, 0.05) is 63.5 Å². The largest absolute Gasteiger partial charge is 0.355 e. The van der Waals surface area contributed by atoms with Crippen molar-refractivity contribution in [1.29, 1.82) is 0 Å². The van der Waals surface area contributed by atoms with Crippen LogP contribution in [0.1, 0.15) is 25.7 Å². The van der Waals surface area contributed by atoms with Gasteiger partial charge in [-0.15, -0.1) is 0 Å². The molecular formula is C20H32N6O2. The Morgan fingerprint density at radius 3 is 2.25 bits per heavy atom. The first-order chi connectivity index (χ1) is 13.5. The zero-order valence-electron chi connectivity index (χ0n) is 17.0. The number of likely N-dealkylation sites (N-methyl/N-ethyl adjacent to an activating group) is 1. The maximum absolute atomic E-state index is 12.9. The van der Waals surface area contributed by atoms with E-state index in [1.165, 1.54) is 0 Å². The van der Waals surface area contributed by atoms with Crippen molar-refractivity contribution in [3.8, 4) is 0 Å². The van der Waals surface area contributed by atoms with E-state index >= 15 is 0 Å². The van der Waals surface area contributed by atoms with Crippen molar-refractivity contribution >= 4 is 17.8 Å². The van der Waals surface area contributed by atoms with Crippen LogP contribution in [-0.2, 0) is 9.59 Å². The lowest BCUT2D eigenvalue weighted by Gasteiger charge is -2.37. The summed E-state index contributed by atoms with van der Waals surface area (Å²) < 4.78 is 0. The number of anilines is 1. The van der Waals surface area contributed by atoms with Crippen LogP contribution in [0.3, 0.4) is 0 Å². The molecule has 1 saturated heterocycles. The van der Waals surface area contributed by atoms with E-state index in [0.717, 1.165) is 51.3 Å². The fourth-order valence-electron chi connectivity index (χ4n) is 3.99. The highest BCUT2D eigenvalue weighted by molar-refractivity contribution is 5.81. The van der Waals surface area contributed by atoms with Crippen LogP contribution in [-0.4, -0.2) is 84.9 Å². The summed E-state index contributed by atoms with van der Waals surface area (Å²) in [5.74, 6) is 1.24. The van der Waals surface area contributed by atoms with E-state index < -0.39 is 0 Å². The Bertz CT molecular complexity index is 637. The minimum absolute atomic E-state index is 0.0540. The first-order valence-corrected chi connectivity index (χ1v) is 10.3. The van der Waals surface area contributed by atoms with Gasteiger partial charge in [0.05, 0.1) is 0 Å². The average molecular weight is 389 g/mol. The quantitative estimate of drug-likeness (QED) is 0.769. The molecule has 8 nitrogen and oxygen atoms in total. The predicted octanol–water partition coefficient (Wildman–Crippen LogP) is 0.609. The molecule has 1 aliphatic carbocycles. The van der Waals surface area contributed by atoms with Gasteiger partial charge in [-0.25, -0.2) is 9.97 Å². The summed E-state index contributed by atoms with van der Waals surface area (Å²) in [5.41, 5.74) is 0. The Morgan fingerprint density at radius 1 is 1.04 bits per heavy atom. The summed E-state index contributed by atoms with van der Waals surface area (Å²) in [5, 5.41) is 3.02. The molecule has 2 amide bonds. The molecule has 0 spiro atoms. The van der Waals surface area contributed by atoms with Gasteiger partial charge in [-0.1, -0.05) is 0 Å². The monoisotopic (exact) mass is 388 g/mol. The number of amides is 2. The molecule has 1 aromatic rings. The van der Waals surface area contributed by atoms with Crippen LogP contribution in [0.4, 0.5) is 5.95 Å². The van der Waals surface area contributed by atoms with Gasteiger partial charge >= 0.3 is 0 Å². The second-order valence-corrected chi connectivity index (χ2v) is 8.00. The molecule has 28 heavy (non-hydrogen) atoms. The standard InChI is InChI=1S/C20H32N6O2/c1-24(2)11-10-21-18(27)16-4-6-17(7-5-16)19(28)25-12-14-26(15-13-25)20-22-8-3-9-23-20/h3,8-9,16-17H,4-7,10-15H2,1-2H3,(H,21,27). The Morgan fingerprint density at radius 2 is 1.64 bits per heavy atom. The molecule has 0 atom stereocenters. The maximum atomic E-state index is 12.9. The maximum Gasteiger partial charge on any atom is 0.225 e. The Labute approximate surface area is 167 Å². The molecule has 2 aliphatic rings. The molecule has 0 radical (unpaired) electrons. The molecule has 1 aromatic heterocycles. The highest BCUT2D eigenvalue weighted by Gasteiger charge is 2.33. The van der Waals surface area contributed by atoms with E-state index in [0.29, 0.717) is 19.6 Å². The van der Waals surface area contributed by atoms with Crippen molar-refractivity contribution in [2.24, 2.45) is 11.8 Å². The van der Waals surface area contributed by atoms with Gasteiger partial charge in [-0.3, -0.25) is 9.59 Å². The zero-order chi connectivity index (χ0) is 19.9. The SMILES string of the molecule is CN(C)CCNC(=O)C1CCC(C(=O)N2CCN(c3ncccn3)CC2)CC1. The smallest absolute Gasteiger partial charge is 0.225 e. The normalized spacial score (nSPS) is 23.0. The van der Waals surface area contributed by atoms with Crippen LogP contribution in [0, 0.1) is 11.8 Å². The summed E-state index contributed by atoms with van der Waals surface area (Å²) in [4.78, 5) is 39.9. The van der Waals surface area contributed by atoms with Crippen LogP contribution in [0.25, 0.3) is 0 Å². The van der Waals surface area contributed by atoms with E-state index in [4.69, 9.17) is 0 Å². The fourth-order valence-corrected chi connectivity index (χ4v) is 3.99. The van der Waals surface area contributed by atoms with Gasteiger partial charge < -0.3 is 20.0 Å². The number of carbonyl (C=O) groups is 2. The van der Waals surface area contributed by atoms with E-state index in [1.54, 1.807) is 12.4 Å². The van der Waals surface area contributed by atoms with Crippen molar-refractivity contribution in [2.75, 3.05) is 58.3 Å². The van der Waals surface area contributed by atoms with Gasteiger partial charge in [0.25, 0.3) is 0 Å². The number of aromatic nitrogens is 2. The summed E-state index contributed by atoms with van der Waals surface area (Å²) >= 11 is 0. The van der Waals surface area contributed by atoms with Crippen LogP contribution in [0.15, 0.2) is 18.5 Å². The Hall–Kier alpha value is -2.22. The first kappa shape index (κ1) is 20.5. The third kappa shape index (κ3) is 5.41. The number of rotatable bonds is 6. The van der Waals surface area contributed by atoms with Crippen LogP contribution < -0.4 is 10.2 Å². The molecule has 1 saturated carbocycles. The lowest BCUT2D eigenvalue weighted by Crippen LogP contribution is -2.51. The summed E-state index contributed by atoms with van der Waals surface area (Å²) in [6.07, 6.45) is 6.73. The van der Waals surface area contributed by atoms with Gasteiger partial charge in [-0.05, 0) is 45.8 Å². The van der Waals surface area contributed by atoms with Gasteiger partial charge in [0.15, 0.2) is 0 Å². The highest BCUT2D eigenvalue weighted by Crippen LogP contribution is 2.30. The van der Waals surface area contributed by atoms with Crippen LogP contribution in [0.5, 0.6) is 0 Å². The molecule has 154 valence electrons. The Balaban J connectivity index is 1.40. The van der Waals surface area contributed by atoms with E-state index in [2.05, 4.69) is 25.1 Å². The first-order valence-electron chi connectivity index (χ1n) is 10.3. The molecule has 1 N–H and O–H groups in total. The van der Waals surface area contributed by atoms with Gasteiger partial charge in [-0.2, -0.15) is 0 Å². The third-order valence-electron chi connectivity index (χ3n) is 5.73. The molecule has 2 fully saturated rings. The molecule has 3 rings (SSSR count). The molecule has 1 aliphatic heterocycles. The van der Waals surface area contributed by atoms with Crippen molar-refractivity contribution in [3.63, 3.8) is 0 Å². The number of nitrogens with zero attached hydrogens (tertiary/aromatic N) is 5. The van der Waals surface area contributed by atoms with Gasteiger partial charge in [0.1, 0.15) is 0 Å². The summed E-state index contributed by atoms with van der Waals surface area (Å²) in [6, 6.07) is 1.81. The fraction of sp³-hybridized carbons (Fsp3) is 0.700. The van der Waals surface area contributed by atoms with E-state index in [1.807, 2.05) is 25.1 Å². The van der Waals surface area contributed by atoms with E-state index in [-0.39, 0.29) is 23.7 Å². The highest BCUT2D eigenvalue weighted by atomic mass is 16.2. The average Bonchev–Trinajstić information content (AvgIpc) is 2.74. The summed E-state index contributed by atoms with van der Waals surface area (Å²) in [7, 11) is 3.99. The molecule has 0 unspecified atom stereocenters. The predicted molar refractivity (Wildman–Crippen MR) is 108 cm³/mol. The second kappa shape index (κ2) is 9.82.